The van der Waals surface area contributed by atoms with Gasteiger partial charge in [0.05, 0.1) is 36.9 Å². The van der Waals surface area contributed by atoms with E-state index in [1.807, 2.05) is 19.9 Å². The van der Waals surface area contributed by atoms with Gasteiger partial charge in [0.2, 0.25) is 11.6 Å². The number of nitrogens with zero attached hydrogens (tertiary/aromatic N) is 2. The van der Waals surface area contributed by atoms with Gasteiger partial charge in [-0.2, -0.15) is 0 Å². The molecule has 2 aliphatic rings. The third kappa shape index (κ3) is 3.21. The molecule has 0 unspecified atom stereocenters. The SMILES string of the molecule is CC1(C)OC(c2c(O)[nH]c3cc(F)ccc23)=CC1=[N+]1CCN(CCO)CC1. The maximum absolute atomic E-state index is 13.5. The van der Waals surface area contributed by atoms with E-state index in [0.29, 0.717) is 23.4 Å². The molecule has 0 radical (unpaired) electrons. The van der Waals surface area contributed by atoms with Gasteiger partial charge in [-0.05, 0) is 32.0 Å². The van der Waals surface area contributed by atoms with Crippen molar-refractivity contribution in [2.75, 3.05) is 39.3 Å². The van der Waals surface area contributed by atoms with Gasteiger partial charge in [-0.3, -0.25) is 4.90 Å². The van der Waals surface area contributed by atoms with Gasteiger partial charge in [-0.15, -0.1) is 0 Å². The van der Waals surface area contributed by atoms with Crippen LogP contribution >= 0.6 is 0 Å². The third-order valence-corrected chi connectivity index (χ3v) is 5.37. The minimum absolute atomic E-state index is 0.0216. The molecule has 0 aliphatic carbocycles. The molecule has 27 heavy (non-hydrogen) atoms. The number of aromatic nitrogens is 1. The lowest BCUT2D eigenvalue weighted by Gasteiger charge is -2.27. The summed E-state index contributed by atoms with van der Waals surface area (Å²) < 4.78 is 22.0. The van der Waals surface area contributed by atoms with Crippen LogP contribution in [0.5, 0.6) is 5.88 Å². The van der Waals surface area contributed by atoms with Crippen LogP contribution in [0.3, 0.4) is 0 Å². The Morgan fingerprint density at radius 2 is 2.04 bits per heavy atom. The number of aliphatic hydroxyl groups excluding tert-OH is 1. The Labute approximate surface area is 157 Å². The zero-order valence-corrected chi connectivity index (χ0v) is 15.6. The zero-order chi connectivity index (χ0) is 19.2. The summed E-state index contributed by atoms with van der Waals surface area (Å²) in [4.78, 5) is 5.07. The molecule has 0 amide bonds. The second-order valence-corrected chi connectivity index (χ2v) is 7.60. The van der Waals surface area contributed by atoms with Crippen molar-refractivity contribution >= 4 is 22.4 Å². The number of benzene rings is 1. The predicted molar refractivity (Wildman–Crippen MR) is 102 cm³/mol. The number of halogens is 1. The summed E-state index contributed by atoms with van der Waals surface area (Å²) >= 11 is 0. The molecule has 7 heteroatoms. The molecule has 4 rings (SSSR count). The van der Waals surface area contributed by atoms with E-state index in [2.05, 4.69) is 14.5 Å². The van der Waals surface area contributed by atoms with Crippen molar-refractivity contribution in [2.24, 2.45) is 0 Å². The van der Waals surface area contributed by atoms with Gasteiger partial charge in [0.25, 0.3) is 0 Å². The summed E-state index contributed by atoms with van der Waals surface area (Å²) in [6.45, 7) is 8.39. The van der Waals surface area contributed by atoms with Crippen molar-refractivity contribution in [3.05, 3.63) is 35.7 Å². The molecule has 144 valence electrons. The number of aliphatic hydroxyl groups is 1. The average molecular weight is 374 g/mol. The fourth-order valence-electron chi connectivity index (χ4n) is 4.01. The predicted octanol–water partition coefficient (Wildman–Crippen LogP) is 1.92. The van der Waals surface area contributed by atoms with Crippen molar-refractivity contribution in [2.45, 2.75) is 19.4 Å². The van der Waals surface area contributed by atoms with Crippen molar-refractivity contribution < 1.29 is 23.9 Å². The summed E-state index contributed by atoms with van der Waals surface area (Å²) in [7, 11) is 0. The van der Waals surface area contributed by atoms with Gasteiger partial charge in [0.1, 0.15) is 11.6 Å². The number of rotatable bonds is 3. The molecule has 6 nitrogen and oxygen atoms in total. The molecule has 0 atom stereocenters. The number of ether oxygens (including phenoxy) is 1. The van der Waals surface area contributed by atoms with E-state index >= 15 is 0 Å². The molecule has 2 aliphatic heterocycles. The van der Waals surface area contributed by atoms with Crippen molar-refractivity contribution in [1.29, 1.82) is 0 Å². The van der Waals surface area contributed by atoms with Crippen LogP contribution in [0.15, 0.2) is 24.3 Å². The van der Waals surface area contributed by atoms with Crippen LogP contribution in [0.25, 0.3) is 16.7 Å². The Bertz CT molecular complexity index is 935. The highest BCUT2D eigenvalue weighted by molar-refractivity contribution is 6.08. The van der Waals surface area contributed by atoms with E-state index < -0.39 is 5.60 Å². The smallest absolute Gasteiger partial charge is 0.223 e. The fourth-order valence-corrected chi connectivity index (χ4v) is 4.01. The fraction of sp³-hybridized carbons (Fsp3) is 0.450. The molecule has 1 aromatic heterocycles. The highest BCUT2D eigenvalue weighted by atomic mass is 19.1. The van der Waals surface area contributed by atoms with Crippen LogP contribution < -0.4 is 0 Å². The molecule has 3 N–H and O–H groups in total. The van der Waals surface area contributed by atoms with Crippen LogP contribution in [0.4, 0.5) is 4.39 Å². The molecule has 3 heterocycles. The summed E-state index contributed by atoms with van der Waals surface area (Å²) in [5.41, 5.74) is 1.64. The molecule has 2 aromatic rings. The molecule has 1 fully saturated rings. The number of nitrogens with one attached hydrogen (secondary N) is 1. The normalized spacial score (nSPS) is 20.2. The number of fused-ring (bicyclic) bond motifs is 1. The molecule has 1 saturated heterocycles. The Hall–Kier alpha value is -2.38. The molecule has 0 bridgehead atoms. The molecule has 0 saturated carbocycles. The first kappa shape index (κ1) is 18.0. The Morgan fingerprint density at radius 1 is 1.30 bits per heavy atom. The van der Waals surface area contributed by atoms with Crippen LogP contribution in [-0.2, 0) is 4.74 Å². The van der Waals surface area contributed by atoms with Gasteiger partial charge in [0, 0.05) is 11.9 Å². The van der Waals surface area contributed by atoms with Gasteiger partial charge in [-0.1, -0.05) is 0 Å². The lowest BCUT2D eigenvalue weighted by Crippen LogP contribution is -2.47. The van der Waals surface area contributed by atoms with Crippen molar-refractivity contribution in [3.63, 3.8) is 0 Å². The van der Waals surface area contributed by atoms with Crippen molar-refractivity contribution in [3.8, 4) is 5.88 Å². The number of β-amino-alcohol motifs (C(OH)–C–C–N with tert-alkyl or cyclic N) is 1. The third-order valence-electron chi connectivity index (χ3n) is 5.37. The quantitative estimate of drug-likeness (QED) is 0.718. The number of aromatic amines is 1. The number of piperazine rings is 1. The van der Waals surface area contributed by atoms with Gasteiger partial charge >= 0.3 is 0 Å². The van der Waals surface area contributed by atoms with E-state index in [9.17, 15) is 9.50 Å². The van der Waals surface area contributed by atoms with E-state index in [4.69, 9.17) is 9.84 Å². The Balaban J connectivity index is 1.71. The summed E-state index contributed by atoms with van der Waals surface area (Å²) in [6, 6.07) is 4.40. The first-order valence-corrected chi connectivity index (χ1v) is 9.26. The second-order valence-electron chi connectivity index (χ2n) is 7.60. The average Bonchev–Trinajstić information content (AvgIpc) is 3.10. The molecular weight excluding hydrogens is 349 g/mol. The topological polar surface area (TPSA) is 71.7 Å². The highest BCUT2D eigenvalue weighted by Crippen LogP contribution is 2.40. The molecular formula is C20H25FN3O3+. The lowest BCUT2D eigenvalue weighted by atomic mass is 10.0. The zero-order valence-electron chi connectivity index (χ0n) is 15.6. The monoisotopic (exact) mass is 374 g/mol. The van der Waals surface area contributed by atoms with E-state index in [0.717, 1.165) is 37.3 Å². The van der Waals surface area contributed by atoms with Gasteiger partial charge in [0.15, 0.2) is 18.7 Å². The largest absolute Gasteiger partial charge is 0.494 e. The van der Waals surface area contributed by atoms with Crippen LogP contribution in [-0.4, -0.2) is 75.3 Å². The highest BCUT2D eigenvalue weighted by Gasteiger charge is 2.42. The van der Waals surface area contributed by atoms with Gasteiger partial charge in [-0.25, -0.2) is 8.97 Å². The van der Waals surface area contributed by atoms with Gasteiger partial charge < -0.3 is 19.9 Å². The van der Waals surface area contributed by atoms with E-state index in [1.165, 1.54) is 12.1 Å². The maximum atomic E-state index is 13.5. The first-order chi connectivity index (χ1) is 12.9. The summed E-state index contributed by atoms with van der Waals surface area (Å²) in [6.07, 6.45) is 1.98. The number of hydrogen-bond acceptors (Lipinski definition) is 4. The molecule has 1 aromatic carbocycles. The second kappa shape index (κ2) is 6.65. The number of hydrogen-bond donors (Lipinski definition) is 3. The standard InChI is InChI=1S/C20H24FN3O3/c1-20(2)17(24-7-5-23(6-8-24)9-10-25)12-16(27-20)18-14-4-3-13(21)11-15(14)22-19(18)26/h3-4,11-12,25H,5-10H2,1-2H3,(H,22,26)/p+1. The Morgan fingerprint density at radius 3 is 2.74 bits per heavy atom. The maximum Gasteiger partial charge on any atom is 0.223 e. The minimum Gasteiger partial charge on any atom is -0.494 e. The summed E-state index contributed by atoms with van der Waals surface area (Å²) in [5, 5.41) is 20.2. The van der Waals surface area contributed by atoms with E-state index in [1.54, 1.807) is 6.07 Å². The van der Waals surface area contributed by atoms with Crippen LogP contribution in [0, 0.1) is 5.82 Å². The first-order valence-electron chi connectivity index (χ1n) is 9.26. The molecule has 0 spiro atoms. The minimum atomic E-state index is -0.523. The Kier molecular flexibility index (Phi) is 4.44. The van der Waals surface area contributed by atoms with Crippen LogP contribution in [0.1, 0.15) is 19.4 Å². The number of H-pyrrole nitrogens is 1. The number of aromatic hydroxyl groups is 1. The van der Waals surface area contributed by atoms with E-state index in [-0.39, 0.29) is 18.3 Å². The lowest BCUT2D eigenvalue weighted by molar-refractivity contribution is -0.542. The summed E-state index contributed by atoms with van der Waals surface area (Å²) in [5.74, 6) is 0.208. The van der Waals surface area contributed by atoms with Crippen LogP contribution in [0.2, 0.25) is 0 Å². The van der Waals surface area contributed by atoms with Crippen molar-refractivity contribution in [1.82, 2.24) is 9.88 Å².